The van der Waals surface area contributed by atoms with Crippen LogP contribution in [0.4, 0.5) is 0 Å². The molecule has 2 aromatic rings. The topological polar surface area (TPSA) is 96.1 Å². The van der Waals surface area contributed by atoms with E-state index in [0.717, 1.165) is 29.5 Å². The van der Waals surface area contributed by atoms with Crippen LogP contribution in [0.15, 0.2) is 52.2 Å². The Labute approximate surface area is 164 Å². The third-order valence-electron chi connectivity index (χ3n) is 4.71. The lowest BCUT2D eigenvalue weighted by molar-refractivity contribution is -0.118. The van der Waals surface area contributed by atoms with E-state index in [1.54, 1.807) is 24.3 Å². The highest BCUT2D eigenvalue weighted by Gasteiger charge is 2.26. The van der Waals surface area contributed by atoms with Crippen molar-refractivity contribution in [1.82, 2.24) is 10.3 Å². The standard InChI is InChI=1S/C21H24N2O4S/c1-14(24)22-13-3-4-18(15-7-9-17(10-8-15)28(2,26)27)20-12-11-19(16-5-6-16)21(25)23-20/h4,7-12,16H,3,5-6,13H2,1-2H3,(H,22,24)(H,23,25)/b18-4+. The summed E-state index contributed by atoms with van der Waals surface area (Å²) in [5.41, 5.74) is 2.99. The molecule has 1 heterocycles. The van der Waals surface area contributed by atoms with Crippen molar-refractivity contribution in [3.05, 3.63) is 69.6 Å². The van der Waals surface area contributed by atoms with Gasteiger partial charge in [-0.15, -0.1) is 0 Å². The molecule has 28 heavy (non-hydrogen) atoms. The molecule has 1 amide bonds. The van der Waals surface area contributed by atoms with Crippen molar-refractivity contribution in [2.45, 2.75) is 37.0 Å². The molecule has 7 heteroatoms. The Kier molecular flexibility index (Phi) is 5.84. The number of amides is 1. The molecule has 3 rings (SSSR count). The van der Waals surface area contributed by atoms with Crippen molar-refractivity contribution in [3.8, 4) is 0 Å². The first-order valence-electron chi connectivity index (χ1n) is 9.24. The van der Waals surface area contributed by atoms with Crippen LogP contribution in [0, 0.1) is 0 Å². The van der Waals surface area contributed by atoms with Gasteiger partial charge in [0.1, 0.15) is 0 Å². The second-order valence-electron chi connectivity index (χ2n) is 7.12. The normalized spacial score (nSPS) is 14.7. The largest absolute Gasteiger partial charge is 0.356 e. The molecule has 1 aromatic carbocycles. The van der Waals surface area contributed by atoms with Crippen LogP contribution in [0.2, 0.25) is 0 Å². The minimum absolute atomic E-state index is 0.0829. The zero-order valence-electron chi connectivity index (χ0n) is 16.0. The first-order chi connectivity index (χ1) is 13.3. The molecule has 2 N–H and O–H groups in total. The number of sulfone groups is 1. The van der Waals surface area contributed by atoms with E-state index in [9.17, 15) is 18.0 Å². The Bertz CT molecular complexity index is 1060. The van der Waals surface area contributed by atoms with Crippen LogP contribution in [0.3, 0.4) is 0 Å². The van der Waals surface area contributed by atoms with E-state index in [0.29, 0.717) is 24.6 Å². The molecule has 0 unspecified atom stereocenters. The van der Waals surface area contributed by atoms with Gasteiger partial charge in [-0.05, 0) is 48.9 Å². The predicted octanol–water partition coefficient (Wildman–Crippen LogP) is 2.61. The molecule has 0 aliphatic heterocycles. The van der Waals surface area contributed by atoms with E-state index in [2.05, 4.69) is 10.3 Å². The maximum Gasteiger partial charge on any atom is 0.251 e. The van der Waals surface area contributed by atoms with Gasteiger partial charge in [-0.2, -0.15) is 0 Å². The highest BCUT2D eigenvalue weighted by molar-refractivity contribution is 7.90. The number of pyridine rings is 1. The van der Waals surface area contributed by atoms with Gasteiger partial charge in [0.05, 0.1) is 4.90 Å². The van der Waals surface area contributed by atoms with Gasteiger partial charge in [0.15, 0.2) is 9.84 Å². The molecule has 1 aliphatic rings. The summed E-state index contributed by atoms with van der Waals surface area (Å²) in [7, 11) is -3.28. The molecular formula is C21H24N2O4S. The van der Waals surface area contributed by atoms with Crippen LogP contribution in [0.25, 0.3) is 5.57 Å². The average molecular weight is 401 g/mol. The summed E-state index contributed by atoms with van der Waals surface area (Å²) in [5, 5.41) is 2.74. The fourth-order valence-electron chi connectivity index (χ4n) is 3.09. The lowest BCUT2D eigenvalue weighted by Crippen LogP contribution is -2.20. The molecule has 0 bridgehead atoms. The van der Waals surface area contributed by atoms with E-state index in [-0.39, 0.29) is 16.4 Å². The minimum Gasteiger partial charge on any atom is -0.356 e. The zero-order chi connectivity index (χ0) is 20.3. The van der Waals surface area contributed by atoms with Crippen molar-refractivity contribution in [3.63, 3.8) is 0 Å². The van der Waals surface area contributed by atoms with Gasteiger partial charge in [-0.25, -0.2) is 8.42 Å². The second kappa shape index (κ2) is 8.14. The summed E-state index contributed by atoms with van der Waals surface area (Å²) >= 11 is 0. The maximum absolute atomic E-state index is 12.4. The molecule has 6 nitrogen and oxygen atoms in total. The zero-order valence-corrected chi connectivity index (χ0v) is 16.8. The van der Waals surface area contributed by atoms with Gasteiger partial charge in [0.25, 0.3) is 5.56 Å². The summed E-state index contributed by atoms with van der Waals surface area (Å²) in [6.45, 7) is 1.94. The molecule has 1 aliphatic carbocycles. The van der Waals surface area contributed by atoms with Crippen molar-refractivity contribution >= 4 is 21.3 Å². The molecular weight excluding hydrogens is 376 g/mol. The van der Waals surface area contributed by atoms with Gasteiger partial charge >= 0.3 is 0 Å². The third kappa shape index (κ3) is 4.98. The summed E-state index contributed by atoms with van der Waals surface area (Å²) in [6, 6.07) is 10.3. The fourth-order valence-corrected chi connectivity index (χ4v) is 3.72. The van der Waals surface area contributed by atoms with Crippen LogP contribution in [-0.2, 0) is 14.6 Å². The summed E-state index contributed by atoms with van der Waals surface area (Å²) in [5.74, 6) is 0.258. The Balaban J connectivity index is 1.95. The number of benzene rings is 1. The number of carbonyl (C=O) groups is 1. The number of carbonyl (C=O) groups excluding carboxylic acids is 1. The van der Waals surface area contributed by atoms with E-state index < -0.39 is 9.84 Å². The smallest absolute Gasteiger partial charge is 0.251 e. The third-order valence-corrected chi connectivity index (χ3v) is 5.84. The van der Waals surface area contributed by atoms with Gasteiger partial charge in [0.2, 0.25) is 5.91 Å². The van der Waals surface area contributed by atoms with Crippen LogP contribution >= 0.6 is 0 Å². The van der Waals surface area contributed by atoms with Crippen molar-refractivity contribution in [2.24, 2.45) is 0 Å². The van der Waals surface area contributed by atoms with E-state index in [1.165, 1.54) is 13.2 Å². The SMILES string of the molecule is CC(=O)NCC/C=C(\c1ccc(S(C)(=O)=O)cc1)c1ccc(C2CC2)c(=O)[nH]1. The summed E-state index contributed by atoms with van der Waals surface area (Å²) in [4.78, 5) is 26.7. The van der Waals surface area contributed by atoms with Crippen molar-refractivity contribution in [1.29, 1.82) is 0 Å². The highest BCUT2D eigenvalue weighted by atomic mass is 32.2. The molecule has 0 saturated heterocycles. The molecule has 148 valence electrons. The number of hydrogen-bond donors (Lipinski definition) is 2. The Morgan fingerprint density at radius 3 is 2.39 bits per heavy atom. The molecule has 0 spiro atoms. The average Bonchev–Trinajstić information content (AvgIpc) is 3.46. The first kappa shape index (κ1) is 20.1. The number of aromatic amines is 1. The lowest BCUT2D eigenvalue weighted by Gasteiger charge is -2.11. The number of aromatic nitrogens is 1. The van der Waals surface area contributed by atoms with Gasteiger partial charge in [-0.1, -0.05) is 24.3 Å². The van der Waals surface area contributed by atoms with Gasteiger partial charge < -0.3 is 10.3 Å². The molecule has 1 fully saturated rings. The summed E-state index contributed by atoms with van der Waals surface area (Å²) in [6.07, 6.45) is 5.78. The molecule has 0 radical (unpaired) electrons. The first-order valence-corrected chi connectivity index (χ1v) is 11.1. The maximum atomic E-state index is 12.4. The van der Waals surface area contributed by atoms with Gasteiger partial charge in [-0.3, -0.25) is 9.59 Å². The molecule has 1 aromatic heterocycles. The Hall–Kier alpha value is -2.67. The van der Waals surface area contributed by atoms with E-state index >= 15 is 0 Å². The van der Waals surface area contributed by atoms with Crippen LogP contribution in [0.1, 0.15) is 48.9 Å². The van der Waals surface area contributed by atoms with Crippen LogP contribution in [0.5, 0.6) is 0 Å². The molecule has 0 atom stereocenters. The van der Waals surface area contributed by atoms with E-state index in [4.69, 9.17) is 0 Å². The van der Waals surface area contributed by atoms with Crippen LogP contribution in [-0.4, -0.2) is 32.1 Å². The number of H-pyrrole nitrogens is 1. The number of nitrogens with one attached hydrogen (secondary N) is 2. The summed E-state index contributed by atoms with van der Waals surface area (Å²) < 4.78 is 23.4. The van der Waals surface area contributed by atoms with Gasteiger partial charge in [0, 0.05) is 36.6 Å². The fraction of sp³-hybridized carbons (Fsp3) is 0.333. The van der Waals surface area contributed by atoms with Crippen LogP contribution < -0.4 is 10.9 Å². The number of hydrogen-bond acceptors (Lipinski definition) is 4. The second-order valence-corrected chi connectivity index (χ2v) is 9.13. The quantitative estimate of drug-likeness (QED) is 0.698. The Morgan fingerprint density at radius 1 is 1.18 bits per heavy atom. The Morgan fingerprint density at radius 2 is 1.86 bits per heavy atom. The predicted molar refractivity (Wildman–Crippen MR) is 109 cm³/mol. The minimum atomic E-state index is -3.28. The monoisotopic (exact) mass is 400 g/mol. The van der Waals surface area contributed by atoms with Crippen molar-refractivity contribution in [2.75, 3.05) is 12.8 Å². The lowest BCUT2D eigenvalue weighted by atomic mass is 10.00. The highest BCUT2D eigenvalue weighted by Crippen LogP contribution is 2.38. The van der Waals surface area contributed by atoms with Crippen molar-refractivity contribution < 1.29 is 13.2 Å². The molecule has 1 saturated carbocycles. The van der Waals surface area contributed by atoms with E-state index in [1.807, 2.05) is 18.2 Å². The number of rotatable bonds is 7.